The summed E-state index contributed by atoms with van der Waals surface area (Å²) in [5.74, 6) is 0.318. The molecule has 0 amide bonds. The van der Waals surface area contributed by atoms with E-state index in [9.17, 15) is 16.8 Å². The Kier molecular flexibility index (Phi) is 5.43. The molecule has 0 spiro atoms. The van der Waals surface area contributed by atoms with Crippen LogP contribution in [0.3, 0.4) is 0 Å². The molecule has 9 heteroatoms. The van der Waals surface area contributed by atoms with Crippen LogP contribution < -0.4 is 9.46 Å². The van der Waals surface area contributed by atoms with E-state index in [1.165, 1.54) is 35.7 Å². The van der Waals surface area contributed by atoms with Crippen LogP contribution in [0, 0.1) is 0 Å². The molecule has 0 aliphatic carbocycles. The molecular weight excluding hydrogens is 328 g/mol. The lowest BCUT2D eigenvalue weighted by molar-refractivity contribution is 0.414. The molecule has 0 bridgehead atoms. The molecule has 1 saturated heterocycles. The maximum absolute atomic E-state index is 12.1. The first-order valence-electron chi connectivity index (χ1n) is 6.97. The molecule has 1 aromatic rings. The number of nitrogens with zero attached hydrogens (tertiary/aromatic N) is 1. The highest BCUT2D eigenvalue weighted by atomic mass is 32.2. The number of sulfonamides is 2. The number of hydrogen-bond acceptors (Lipinski definition) is 5. The number of nitrogens with one attached hydrogen (secondary N) is 1. The summed E-state index contributed by atoms with van der Waals surface area (Å²) >= 11 is 0. The Hall–Kier alpha value is -1.16. The van der Waals surface area contributed by atoms with Gasteiger partial charge in [-0.15, -0.1) is 0 Å². The summed E-state index contributed by atoms with van der Waals surface area (Å²) in [6.45, 7) is 0.897. The Bertz CT molecular complexity index is 692. The third kappa shape index (κ3) is 4.19. The fourth-order valence-electron chi connectivity index (χ4n) is 2.24. The molecule has 22 heavy (non-hydrogen) atoms. The predicted molar refractivity (Wildman–Crippen MR) is 82.8 cm³/mol. The predicted octanol–water partition coefficient (Wildman–Crippen LogP) is 0.399. The summed E-state index contributed by atoms with van der Waals surface area (Å²) in [5, 5.41) is 0. The molecule has 1 fully saturated rings. The topological polar surface area (TPSA) is 92.8 Å². The smallest absolute Gasteiger partial charge is 0.240 e. The Balaban J connectivity index is 1.94. The van der Waals surface area contributed by atoms with Crippen molar-refractivity contribution in [3.05, 3.63) is 24.3 Å². The van der Waals surface area contributed by atoms with E-state index in [1.54, 1.807) is 0 Å². The molecule has 0 radical (unpaired) electrons. The highest BCUT2D eigenvalue weighted by Crippen LogP contribution is 2.16. The highest BCUT2D eigenvalue weighted by molar-refractivity contribution is 7.90. The summed E-state index contributed by atoms with van der Waals surface area (Å²) < 4.78 is 56.9. The van der Waals surface area contributed by atoms with Crippen molar-refractivity contribution in [1.82, 2.24) is 9.03 Å². The molecule has 7 nitrogen and oxygen atoms in total. The van der Waals surface area contributed by atoms with Gasteiger partial charge in [-0.25, -0.2) is 25.9 Å². The van der Waals surface area contributed by atoms with Gasteiger partial charge in [-0.2, -0.15) is 0 Å². The van der Waals surface area contributed by atoms with Gasteiger partial charge in [0.25, 0.3) is 0 Å². The van der Waals surface area contributed by atoms with Crippen molar-refractivity contribution in [3.8, 4) is 5.75 Å². The van der Waals surface area contributed by atoms with Crippen LogP contribution in [0.15, 0.2) is 29.2 Å². The van der Waals surface area contributed by atoms with Gasteiger partial charge in [0.2, 0.25) is 20.0 Å². The molecule has 0 aromatic heterocycles. The second kappa shape index (κ2) is 6.95. The van der Waals surface area contributed by atoms with Gasteiger partial charge >= 0.3 is 0 Å². The molecular formula is C13H20N2O5S2. The maximum atomic E-state index is 12.1. The zero-order valence-electron chi connectivity index (χ0n) is 12.4. The van der Waals surface area contributed by atoms with Crippen LogP contribution in [0.4, 0.5) is 0 Å². The second-order valence-electron chi connectivity index (χ2n) is 5.00. The lowest BCUT2D eigenvalue weighted by atomic mass is 10.3. The minimum Gasteiger partial charge on any atom is -0.497 e. The van der Waals surface area contributed by atoms with Crippen LogP contribution in [0.2, 0.25) is 0 Å². The zero-order chi connectivity index (χ0) is 16.2. The van der Waals surface area contributed by atoms with E-state index in [4.69, 9.17) is 4.74 Å². The van der Waals surface area contributed by atoms with Gasteiger partial charge in [-0.3, -0.25) is 0 Å². The van der Waals surface area contributed by atoms with Crippen LogP contribution in [-0.4, -0.2) is 53.6 Å². The van der Waals surface area contributed by atoms with Gasteiger partial charge in [-0.05, 0) is 37.1 Å². The van der Waals surface area contributed by atoms with E-state index >= 15 is 0 Å². The van der Waals surface area contributed by atoms with Crippen LogP contribution in [-0.2, 0) is 20.0 Å². The average Bonchev–Trinajstić information content (AvgIpc) is 3.02. The molecule has 0 saturated carbocycles. The van der Waals surface area contributed by atoms with Crippen molar-refractivity contribution in [2.75, 3.05) is 32.5 Å². The van der Waals surface area contributed by atoms with E-state index < -0.39 is 20.0 Å². The number of hydrogen-bond donors (Lipinski definition) is 1. The van der Waals surface area contributed by atoms with Crippen molar-refractivity contribution in [2.45, 2.75) is 17.7 Å². The summed E-state index contributed by atoms with van der Waals surface area (Å²) in [7, 11) is -5.62. The van der Waals surface area contributed by atoms with E-state index in [0.29, 0.717) is 18.8 Å². The van der Waals surface area contributed by atoms with Gasteiger partial charge < -0.3 is 4.74 Å². The minimum atomic E-state index is -3.72. The Labute approximate surface area is 131 Å². The Morgan fingerprint density at radius 3 is 2.23 bits per heavy atom. The largest absolute Gasteiger partial charge is 0.497 e. The fraction of sp³-hybridized carbons (Fsp3) is 0.538. The monoisotopic (exact) mass is 348 g/mol. The Morgan fingerprint density at radius 2 is 1.68 bits per heavy atom. The Morgan fingerprint density at radius 1 is 1.09 bits per heavy atom. The first-order chi connectivity index (χ1) is 10.3. The van der Waals surface area contributed by atoms with Crippen molar-refractivity contribution >= 4 is 20.0 Å². The highest BCUT2D eigenvalue weighted by Gasteiger charge is 2.25. The summed E-state index contributed by atoms with van der Waals surface area (Å²) in [5.41, 5.74) is 0. The summed E-state index contributed by atoms with van der Waals surface area (Å²) in [4.78, 5) is 0.0758. The van der Waals surface area contributed by atoms with E-state index in [1.807, 2.05) is 0 Å². The van der Waals surface area contributed by atoms with Gasteiger partial charge in [0.1, 0.15) is 5.75 Å². The minimum absolute atomic E-state index is 0.0758. The second-order valence-corrected chi connectivity index (χ2v) is 8.85. The fourth-order valence-corrected chi connectivity index (χ4v) is 4.83. The molecule has 1 aromatic carbocycles. The number of methoxy groups -OCH3 is 1. The van der Waals surface area contributed by atoms with Crippen molar-refractivity contribution in [1.29, 1.82) is 0 Å². The normalized spacial score (nSPS) is 16.8. The SMILES string of the molecule is COc1ccc(S(=O)(=O)NCCS(=O)(=O)N2CCCC2)cc1. The lowest BCUT2D eigenvalue weighted by Crippen LogP contribution is -2.36. The molecule has 0 atom stereocenters. The standard InChI is InChI=1S/C13H20N2O5S2/c1-20-12-4-6-13(7-5-12)22(18,19)14-8-11-21(16,17)15-9-2-3-10-15/h4-7,14H,2-3,8-11H2,1H3. The van der Waals surface area contributed by atoms with E-state index in [2.05, 4.69) is 4.72 Å². The van der Waals surface area contributed by atoms with Crippen LogP contribution in [0.5, 0.6) is 5.75 Å². The third-order valence-corrected chi connectivity index (χ3v) is 6.83. The molecule has 2 rings (SSSR count). The quantitative estimate of drug-likeness (QED) is 0.770. The summed E-state index contributed by atoms with van der Waals surface area (Å²) in [6.07, 6.45) is 1.72. The first-order valence-corrected chi connectivity index (χ1v) is 10.1. The van der Waals surface area contributed by atoms with Gasteiger partial charge in [0.05, 0.1) is 17.8 Å². The average molecular weight is 348 g/mol. The molecule has 1 N–H and O–H groups in total. The van der Waals surface area contributed by atoms with Crippen LogP contribution in [0.1, 0.15) is 12.8 Å². The number of ether oxygens (including phenoxy) is 1. The van der Waals surface area contributed by atoms with Crippen LogP contribution in [0.25, 0.3) is 0 Å². The number of benzene rings is 1. The molecule has 124 valence electrons. The van der Waals surface area contributed by atoms with Crippen molar-refractivity contribution in [3.63, 3.8) is 0 Å². The maximum Gasteiger partial charge on any atom is 0.240 e. The first kappa shape index (κ1) is 17.2. The molecule has 0 unspecified atom stereocenters. The number of rotatable bonds is 7. The van der Waals surface area contributed by atoms with Crippen molar-refractivity contribution < 1.29 is 21.6 Å². The van der Waals surface area contributed by atoms with Crippen molar-refractivity contribution in [2.24, 2.45) is 0 Å². The lowest BCUT2D eigenvalue weighted by Gasteiger charge is -2.15. The van der Waals surface area contributed by atoms with Gasteiger partial charge in [-0.1, -0.05) is 0 Å². The molecule has 1 aliphatic heterocycles. The van der Waals surface area contributed by atoms with E-state index in [0.717, 1.165) is 12.8 Å². The van der Waals surface area contributed by atoms with E-state index in [-0.39, 0.29) is 17.2 Å². The summed E-state index contributed by atoms with van der Waals surface area (Å²) in [6, 6.07) is 5.90. The third-order valence-electron chi connectivity index (χ3n) is 3.48. The van der Waals surface area contributed by atoms with Gasteiger partial charge in [0, 0.05) is 19.6 Å². The molecule has 1 aliphatic rings. The zero-order valence-corrected chi connectivity index (χ0v) is 14.0. The molecule has 1 heterocycles. The van der Waals surface area contributed by atoms with Gasteiger partial charge in [0.15, 0.2) is 0 Å². The van der Waals surface area contributed by atoms with Crippen LogP contribution >= 0.6 is 0 Å².